The van der Waals surface area contributed by atoms with Crippen molar-refractivity contribution in [1.82, 2.24) is 0 Å². The summed E-state index contributed by atoms with van der Waals surface area (Å²) in [5, 5.41) is 12.1. The Kier molecular flexibility index (Phi) is 5.34. The monoisotopic (exact) mass is 342 g/mol. The Labute approximate surface area is 147 Å². The Morgan fingerprint density at radius 3 is 2.68 bits per heavy atom. The fourth-order valence-corrected chi connectivity index (χ4v) is 3.21. The van der Waals surface area contributed by atoms with E-state index in [1.54, 1.807) is 12.1 Å². The van der Waals surface area contributed by atoms with Gasteiger partial charge in [0.25, 0.3) is 5.91 Å². The summed E-state index contributed by atoms with van der Waals surface area (Å²) in [5.41, 5.74) is 2.50. The van der Waals surface area contributed by atoms with Gasteiger partial charge in [0.2, 0.25) is 0 Å². The number of nitrogens with zero attached hydrogens (tertiary/aromatic N) is 1. The molecule has 132 valence electrons. The van der Waals surface area contributed by atoms with Gasteiger partial charge in [-0.05, 0) is 49.9 Å². The minimum Gasteiger partial charge on any atom is -0.396 e. The van der Waals surface area contributed by atoms with Crippen LogP contribution in [0, 0.1) is 18.7 Å². The molecule has 0 aromatic heterocycles. The van der Waals surface area contributed by atoms with Crippen LogP contribution in [0.4, 0.5) is 15.8 Å². The minimum absolute atomic E-state index is 0.0498. The fourth-order valence-electron chi connectivity index (χ4n) is 3.21. The highest BCUT2D eigenvalue weighted by molar-refractivity contribution is 6.06. The zero-order valence-corrected chi connectivity index (χ0v) is 14.3. The molecule has 1 aliphatic rings. The average molecular weight is 342 g/mol. The third kappa shape index (κ3) is 3.99. The summed E-state index contributed by atoms with van der Waals surface area (Å²) in [5.74, 6) is -0.623. The molecular formula is C20H23FN2O2. The summed E-state index contributed by atoms with van der Waals surface area (Å²) >= 11 is 0. The molecule has 2 N–H and O–H groups in total. The van der Waals surface area contributed by atoms with Crippen molar-refractivity contribution >= 4 is 17.3 Å². The first kappa shape index (κ1) is 17.4. The number of amides is 1. The lowest BCUT2D eigenvalue weighted by atomic mass is 9.97. The van der Waals surface area contributed by atoms with Gasteiger partial charge < -0.3 is 15.3 Å². The van der Waals surface area contributed by atoms with Crippen molar-refractivity contribution in [3.63, 3.8) is 0 Å². The largest absolute Gasteiger partial charge is 0.396 e. The number of aliphatic hydroxyl groups excluding tert-OH is 1. The normalized spacial score (nSPS) is 15.2. The molecule has 1 saturated heterocycles. The molecule has 1 amide bonds. The summed E-state index contributed by atoms with van der Waals surface area (Å²) in [6.45, 7) is 3.71. The van der Waals surface area contributed by atoms with Crippen LogP contribution >= 0.6 is 0 Å². The molecule has 0 unspecified atom stereocenters. The second-order valence-electron chi connectivity index (χ2n) is 6.57. The van der Waals surface area contributed by atoms with Gasteiger partial charge in [-0.15, -0.1) is 0 Å². The summed E-state index contributed by atoms with van der Waals surface area (Å²) in [7, 11) is 0. The van der Waals surface area contributed by atoms with Crippen molar-refractivity contribution in [3.05, 3.63) is 59.4 Å². The van der Waals surface area contributed by atoms with E-state index in [1.165, 1.54) is 6.07 Å². The van der Waals surface area contributed by atoms with Gasteiger partial charge in [-0.2, -0.15) is 0 Å². The van der Waals surface area contributed by atoms with Gasteiger partial charge in [-0.1, -0.05) is 23.8 Å². The van der Waals surface area contributed by atoms with Gasteiger partial charge in [-0.25, -0.2) is 4.39 Å². The number of halogens is 1. The van der Waals surface area contributed by atoms with Crippen LogP contribution in [0.25, 0.3) is 0 Å². The molecule has 2 aromatic rings. The molecule has 0 saturated carbocycles. The molecule has 0 spiro atoms. The lowest BCUT2D eigenvalue weighted by molar-refractivity contribution is 0.102. The molecule has 25 heavy (non-hydrogen) atoms. The second kappa shape index (κ2) is 7.66. The highest BCUT2D eigenvalue weighted by Crippen LogP contribution is 2.30. The Bertz CT molecular complexity index is 755. The first-order valence-electron chi connectivity index (χ1n) is 8.61. The summed E-state index contributed by atoms with van der Waals surface area (Å²) in [6, 6.07) is 12.1. The number of hydrogen-bond donors (Lipinski definition) is 2. The van der Waals surface area contributed by atoms with E-state index in [0.717, 1.165) is 37.2 Å². The Morgan fingerprint density at radius 1 is 1.24 bits per heavy atom. The number of benzene rings is 2. The van der Waals surface area contributed by atoms with Crippen LogP contribution in [0.3, 0.4) is 0 Å². The van der Waals surface area contributed by atoms with Gasteiger partial charge in [0.1, 0.15) is 5.82 Å². The van der Waals surface area contributed by atoms with Gasteiger partial charge in [0.05, 0.1) is 16.9 Å². The van der Waals surface area contributed by atoms with Crippen molar-refractivity contribution in [2.45, 2.75) is 19.8 Å². The Morgan fingerprint density at radius 2 is 1.96 bits per heavy atom. The summed E-state index contributed by atoms with van der Waals surface area (Å²) in [4.78, 5) is 14.7. The van der Waals surface area contributed by atoms with Crippen LogP contribution in [0.2, 0.25) is 0 Å². The number of rotatable bonds is 4. The standard InChI is InChI=1S/C20H23FN2O2/c1-14-6-7-17(21)16(12-14)20(25)22-18-4-2-3-5-19(18)23-10-8-15(13-24)9-11-23/h2-7,12,15,24H,8-11,13H2,1H3,(H,22,25). The van der Waals surface area contributed by atoms with Crippen molar-refractivity contribution in [3.8, 4) is 0 Å². The first-order chi connectivity index (χ1) is 12.1. The van der Waals surface area contributed by atoms with Gasteiger partial charge in [0, 0.05) is 19.7 Å². The number of aliphatic hydroxyl groups is 1. The number of carbonyl (C=O) groups excluding carboxylic acids is 1. The van der Waals surface area contributed by atoms with E-state index in [-0.39, 0.29) is 12.2 Å². The molecule has 5 heteroatoms. The zero-order valence-electron chi connectivity index (χ0n) is 14.3. The van der Waals surface area contributed by atoms with Gasteiger partial charge >= 0.3 is 0 Å². The van der Waals surface area contributed by atoms with Gasteiger partial charge in [-0.3, -0.25) is 4.79 Å². The minimum atomic E-state index is -0.524. The molecule has 1 aliphatic heterocycles. The first-order valence-corrected chi connectivity index (χ1v) is 8.61. The molecule has 4 nitrogen and oxygen atoms in total. The molecule has 1 fully saturated rings. The maximum absolute atomic E-state index is 14.0. The summed E-state index contributed by atoms with van der Waals surface area (Å²) < 4.78 is 14.0. The second-order valence-corrected chi connectivity index (χ2v) is 6.57. The third-order valence-corrected chi connectivity index (χ3v) is 4.73. The molecule has 2 aromatic carbocycles. The third-order valence-electron chi connectivity index (χ3n) is 4.73. The van der Waals surface area contributed by atoms with Crippen LogP contribution in [0.15, 0.2) is 42.5 Å². The fraction of sp³-hybridized carbons (Fsp3) is 0.350. The highest BCUT2D eigenvalue weighted by Gasteiger charge is 2.21. The zero-order chi connectivity index (χ0) is 17.8. The maximum atomic E-state index is 14.0. The molecule has 3 rings (SSSR count). The average Bonchev–Trinajstić information content (AvgIpc) is 2.64. The van der Waals surface area contributed by atoms with E-state index < -0.39 is 11.7 Å². The van der Waals surface area contributed by atoms with Gasteiger partial charge in [0.15, 0.2) is 0 Å². The smallest absolute Gasteiger partial charge is 0.258 e. The Hall–Kier alpha value is -2.40. The SMILES string of the molecule is Cc1ccc(F)c(C(=O)Nc2ccccc2N2CCC(CO)CC2)c1. The maximum Gasteiger partial charge on any atom is 0.258 e. The molecule has 1 heterocycles. The number of aryl methyl sites for hydroxylation is 1. The Balaban J connectivity index is 1.79. The molecule has 0 radical (unpaired) electrons. The van der Waals surface area contributed by atoms with Crippen molar-refractivity contribution in [2.24, 2.45) is 5.92 Å². The quantitative estimate of drug-likeness (QED) is 0.893. The topological polar surface area (TPSA) is 52.6 Å². The number of para-hydroxylation sites is 2. The molecule has 0 aliphatic carbocycles. The predicted octanol–water partition coefficient (Wildman–Crippen LogP) is 3.60. The van der Waals surface area contributed by atoms with Crippen LogP contribution in [0.1, 0.15) is 28.8 Å². The summed E-state index contributed by atoms with van der Waals surface area (Å²) in [6.07, 6.45) is 1.84. The van der Waals surface area contributed by atoms with E-state index >= 15 is 0 Å². The van der Waals surface area contributed by atoms with Crippen molar-refractivity contribution in [2.75, 3.05) is 29.9 Å². The van der Waals surface area contributed by atoms with Crippen LogP contribution < -0.4 is 10.2 Å². The van der Waals surface area contributed by atoms with E-state index in [4.69, 9.17) is 0 Å². The predicted molar refractivity (Wildman–Crippen MR) is 97.6 cm³/mol. The molecular weight excluding hydrogens is 319 g/mol. The van der Waals surface area contributed by atoms with E-state index in [1.807, 2.05) is 31.2 Å². The van der Waals surface area contributed by atoms with Crippen LogP contribution in [-0.2, 0) is 0 Å². The lowest BCUT2D eigenvalue weighted by Crippen LogP contribution is -2.35. The number of hydrogen-bond acceptors (Lipinski definition) is 3. The number of carbonyl (C=O) groups is 1. The number of anilines is 2. The lowest BCUT2D eigenvalue weighted by Gasteiger charge is -2.34. The number of nitrogens with one attached hydrogen (secondary N) is 1. The molecule has 0 bridgehead atoms. The van der Waals surface area contributed by atoms with E-state index in [0.29, 0.717) is 11.6 Å². The van der Waals surface area contributed by atoms with Crippen LogP contribution in [-0.4, -0.2) is 30.7 Å². The number of piperidine rings is 1. The van der Waals surface area contributed by atoms with E-state index in [2.05, 4.69) is 10.2 Å². The highest BCUT2D eigenvalue weighted by atomic mass is 19.1. The van der Waals surface area contributed by atoms with Crippen LogP contribution in [0.5, 0.6) is 0 Å². The van der Waals surface area contributed by atoms with Crippen molar-refractivity contribution < 1.29 is 14.3 Å². The molecule has 0 atom stereocenters. The van der Waals surface area contributed by atoms with Crippen molar-refractivity contribution in [1.29, 1.82) is 0 Å². The van der Waals surface area contributed by atoms with E-state index in [9.17, 15) is 14.3 Å².